The summed E-state index contributed by atoms with van der Waals surface area (Å²) < 4.78 is 5.53. The Kier molecular flexibility index (Phi) is 6.77. The van der Waals surface area contributed by atoms with Crippen molar-refractivity contribution < 1.29 is 24.5 Å². The van der Waals surface area contributed by atoms with Crippen LogP contribution in [0.25, 0.3) is 11.1 Å². The molecule has 0 saturated carbocycles. The lowest BCUT2D eigenvalue weighted by Gasteiger charge is -2.28. The number of carbonyl (C=O) groups is 2. The summed E-state index contributed by atoms with van der Waals surface area (Å²) >= 11 is 0. The van der Waals surface area contributed by atoms with Crippen molar-refractivity contribution in [2.75, 3.05) is 6.61 Å². The number of hydrogen-bond acceptors (Lipinski definition) is 4. The number of aliphatic hydroxyl groups excluding tert-OH is 1. The molecular weight excluding hydrogens is 382 g/mol. The number of rotatable bonds is 8. The van der Waals surface area contributed by atoms with Crippen LogP contribution in [0.3, 0.4) is 0 Å². The van der Waals surface area contributed by atoms with Gasteiger partial charge < -0.3 is 20.3 Å². The van der Waals surface area contributed by atoms with E-state index in [0.717, 1.165) is 22.3 Å². The number of carboxylic acids is 1. The molecule has 0 bridgehead atoms. The number of aliphatic hydroxyl groups is 1. The second-order valence-corrected chi connectivity index (χ2v) is 8.32. The molecule has 0 saturated heterocycles. The third-order valence-electron chi connectivity index (χ3n) is 5.69. The van der Waals surface area contributed by atoms with Gasteiger partial charge in [0.05, 0.1) is 18.1 Å². The summed E-state index contributed by atoms with van der Waals surface area (Å²) in [6.07, 6.45) is -1.41. The van der Waals surface area contributed by atoms with Gasteiger partial charge in [0, 0.05) is 5.92 Å². The number of ether oxygens (including phenoxy) is 1. The summed E-state index contributed by atoms with van der Waals surface area (Å²) in [5, 5.41) is 22.3. The molecule has 30 heavy (non-hydrogen) atoms. The van der Waals surface area contributed by atoms with Gasteiger partial charge in [0.25, 0.3) is 0 Å². The van der Waals surface area contributed by atoms with Crippen molar-refractivity contribution in [3.05, 3.63) is 59.7 Å². The van der Waals surface area contributed by atoms with Crippen molar-refractivity contribution in [3.8, 4) is 11.1 Å². The fraction of sp³-hybridized carbons (Fsp3) is 0.417. The standard InChI is InChI=1S/C24H29NO5/c1-14(2)12-21(22(26)15(3)23(27)28)25-24(29)30-13-20-18-10-6-4-8-16(18)17-9-5-7-11-19(17)20/h4-11,14-15,20-22,26H,12-13H2,1-3H3,(H,25,29)(H,27,28)/t15-,21+,22-/m0/s1. The number of aliphatic carboxylic acids is 1. The number of alkyl carbamates (subject to hydrolysis) is 1. The molecule has 0 aliphatic heterocycles. The number of fused-ring (bicyclic) bond motifs is 3. The van der Waals surface area contributed by atoms with E-state index < -0.39 is 30.1 Å². The fourth-order valence-electron chi connectivity index (χ4n) is 4.08. The topological polar surface area (TPSA) is 95.9 Å². The maximum atomic E-state index is 12.5. The van der Waals surface area contributed by atoms with Gasteiger partial charge in [0.15, 0.2) is 0 Å². The molecule has 3 atom stereocenters. The zero-order valence-electron chi connectivity index (χ0n) is 17.5. The number of amides is 1. The second kappa shape index (κ2) is 9.30. The molecule has 3 rings (SSSR count). The molecule has 6 nitrogen and oxygen atoms in total. The smallest absolute Gasteiger partial charge is 0.407 e. The van der Waals surface area contributed by atoms with Crippen LogP contribution >= 0.6 is 0 Å². The van der Waals surface area contributed by atoms with Gasteiger partial charge in [-0.3, -0.25) is 4.79 Å². The van der Waals surface area contributed by atoms with E-state index >= 15 is 0 Å². The molecule has 0 radical (unpaired) electrons. The minimum absolute atomic E-state index is 0.0606. The Balaban J connectivity index is 1.69. The molecular formula is C24H29NO5. The summed E-state index contributed by atoms with van der Waals surface area (Å²) in [5.74, 6) is -2.00. The molecule has 1 amide bonds. The molecule has 3 N–H and O–H groups in total. The first-order valence-electron chi connectivity index (χ1n) is 10.3. The Morgan fingerprint density at radius 3 is 2.03 bits per heavy atom. The highest BCUT2D eigenvalue weighted by Gasteiger charge is 2.32. The van der Waals surface area contributed by atoms with Crippen LogP contribution in [-0.4, -0.2) is 41.0 Å². The highest BCUT2D eigenvalue weighted by atomic mass is 16.5. The third-order valence-corrected chi connectivity index (χ3v) is 5.69. The zero-order valence-corrected chi connectivity index (χ0v) is 17.5. The van der Waals surface area contributed by atoms with Gasteiger partial charge in [0.2, 0.25) is 0 Å². The molecule has 2 aromatic rings. The van der Waals surface area contributed by atoms with Crippen molar-refractivity contribution in [2.45, 2.75) is 45.3 Å². The lowest BCUT2D eigenvalue weighted by molar-refractivity contribution is -0.145. The van der Waals surface area contributed by atoms with Crippen LogP contribution in [0.1, 0.15) is 44.2 Å². The number of carboxylic acid groups (broad SMARTS) is 1. The van der Waals surface area contributed by atoms with Crippen LogP contribution in [0.15, 0.2) is 48.5 Å². The average Bonchev–Trinajstić information content (AvgIpc) is 3.04. The molecule has 160 valence electrons. The van der Waals surface area contributed by atoms with E-state index in [9.17, 15) is 19.8 Å². The van der Waals surface area contributed by atoms with E-state index in [4.69, 9.17) is 4.74 Å². The Morgan fingerprint density at radius 2 is 1.53 bits per heavy atom. The van der Waals surface area contributed by atoms with E-state index in [1.807, 2.05) is 50.2 Å². The Morgan fingerprint density at radius 1 is 1.00 bits per heavy atom. The first kappa shape index (κ1) is 21.8. The minimum Gasteiger partial charge on any atom is -0.481 e. The van der Waals surface area contributed by atoms with Crippen LogP contribution in [-0.2, 0) is 9.53 Å². The minimum atomic E-state index is -1.20. The SMILES string of the molecule is CC(C)C[C@@H](NC(=O)OCC1c2ccccc2-c2ccccc21)[C@@H](O)[C@H](C)C(=O)O. The maximum absolute atomic E-state index is 12.5. The van der Waals surface area contributed by atoms with Gasteiger partial charge in [0.1, 0.15) is 6.61 Å². The van der Waals surface area contributed by atoms with Gasteiger partial charge in [-0.25, -0.2) is 4.79 Å². The molecule has 2 aromatic carbocycles. The largest absolute Gasteiger partial charge is 0.481 e. The summed E-state index contributed by atoms with van der Waals surface area (Å²) in [6, 6.07) is 15.4. The van der Waals surface area contributed by atoms with Gasteiger partial charge in [-0.2, -0.15) is 0 Å². The van der Waals surface area contributed by atoms with E-state index in [-0.39, 0.29) is 18.4 Å². The predicted molar refractivity (Wildman–Crippen MR) is 114 cm³/mol. The maximum Gasteiger partial charge on any atom is 0.407 e. The molecule has 6 heteroatoms. The highest BCUT2D eigenvalue weighted by molar-refractivity contribution is 5.79. The van der Waals surface area contributed by atoms with Gasteiger partial charge in [-0.05, 0) is 41.5 Å². The fourth-order valence-corrected chi connectivity index (χ4v) is 4.08. The van der Waals surface area contributed by atoms with Crippen molar-refractivity contribution >= 4 is 12.1 Å². The Hall–Kier alpha value is -2.86. The van der Waals surface area contributed by atoms with E-state index in [2.05, 4.69) is 17.4 Å². The van der Waals surface area contributed by atoms with Crippen molar-refractivity contribution in [1.29, 1.82) is 0 Å². The number of benzene rings is 2. The van der Waals surface area contributed by atoms with Gasteiger partial charge >= 0.3 is 12.1 Å². The quantitative estimate of drug-likeness (QED) is 0.610. The Labute approximate surface area is 176 Å². The molecule has 0 heterocycles. The van der Waals surface area contributed by atoms with Crippen molar-refractivity contribution in [3.63, 3.8) is 0 Å². The number of carbonyl (C=O) groups excluding carboxylic acids is 1. The van der Waals surface area contributed by atoms with E-state index in [0.29, 0.717) is 6.42 Å². The molecule has 1 aliphatic carbocycles. The Bertz CT molecular complexity index is 864. The summed E-state index contributed by atoms with van der Waals surface area (Å²) in [4.78, 5) is 23.8. The number of hydrogen-bond donors (Lipinski definition) is 3. The first-order chi connectivity index (χ1) is 14.3. The van der Waals surface area contributed by atoms with Crippen LogP contribution in [0.2, 0.25) is 0 Å². The predicted octanol–water partition coefficient (Wildman–Crippen LogP) is 4.02. The lowest BCUT2D eigenvalue weighted by Crippen LogP contribution is -2.48. The lowest BCUT2D eigenvalue weighted by atomic mass is 9.92. The van der Waals surface area contributed by atoms with Crippen molar-refractivity contribution in [1.82, 2.24) is 5.32 Å². The van der Waals surface area contributed by atoms with Crippen LogP contribution in [0.4, 0.5) is 4.79 Å². The second-order valence-electron chi connectivity index (χ2n) is 8.32. The van der Waals surface area contributed by atoms with Crippen LogP contribution in [0, 0.1) is 11.8 Å². The number of nitrogens with one attached hydrogen (secondary N) is 1. The monoisotopic (exact) mass is 411 g/mol. The van der Waals surface area contributed by atoms with Crippen LogP contribution < -0.4 is 5.32 Å². The molecule has 0 fully saturated rings. The van der Waals surface area contributed by atoms with E-state index in [1.54, 1.807) is 0 Å². The van der Waals surface area contributed by atoms with Crippen molar-refractivity contribution in [2.24, 2.45) is 11.8 Å². The molecule has 0 unspecified atom stereocenters. The first-order valence-corrected chi connectivity index (χ1v) is 10.3. The summed E-state index contributed by atoms with van der Waals surface area (Å²) in [7, 11) is 0. The summed E-state index contributed by atoms with van der Waals surface area (Å²) in [5.41, 5.74) is 4.52. The highest BCUT2D eigenvalue weighted by Crippen LogP contribution is 2.44. The normalized spacial score (nSPS) is 15.8. The molecule has 0 spiro atoms. The molecule has 1 aliphatic rings. The third kappa shape index (κ3) is 4.65. The average molecular weight is 411 g/mol. The van der Waals surface area contributed by atoms with Crippen LogP contribution in [0.5, 0.6) is 0 Å². The summed E-state index contributed by atoms with van der Waals surface area (Å²) in [6.45, 7) is 5.49. The van der Waals surface area contributed by atoms with E-state index in [1.165, 1.54) is 6.92 Å². The molecule has 0 aromatic heterocycles. The van der Waals surface area contributed by atoms with Gasteiger partial charge in [-0.15, -0.1) is 0 Å². The zero-order chi connectivity index (χ0) is 21.8. The van der Waals surface area contributed by atoms with Gasteiger partial charge in [-0.1, -0.05) is 62.4 Å².